The molecular weight excluding hydrogens is 228 g/mol. The Kier molecular flexibility index (Phi) is 4.41. The lowest BCUT2D eigenvalue weighted by molar-refractivity contribution is -0.149. The normalized spacial score (nSPS) is 37.2. The van der Waals surface area contributed by atoms with E-state index in [1.54, 1.807) is 0 Å². The average molecular weight is 252 g/mol. The van der Waals surface area contributed by atoms with Crippen LogP contribution in [-0.2, 0) is 9.59 Å². The monoisotopic (exact) mass is 252 g/mol. The molecule has 0 aromatic rings. The number of ketones is 1. The van der Waals surface area contributed by atoms with Crippen LogP contribution >= 0.6 is 0 Å². The van der Waals surface area contributed by atoms with E-state index in [1.807, 2.05) is 0 Å². The highest BCUT2D eigenvalue weighted by Gasteiger charge is 2.39. The van der Waals surface area contributed by atoms with Crippen molar-refractivity contribution >= 4 is 11.8 Å². The maximum atomic E-state index is 12.5. The molecule has 2 atom stereocenters. The fraction of sp³-hybridized carbons (Fsp3) is 0.867. The number of aliphatic carboxylic acids is 1. The van der Waals surface area contributed by atoms with E-state index in [-0.39, 0.29) is 17.6 Å². The molecule has 0 aromatic heterocycles. The topological polar surface area (TPSA) is 54.4 Å². The van der Waals surface area contributed by atoms with E-state index in [0.29, 0.717) is 6.42 Å². The molecule has 18 heavy (non-hydrogen) atoms. The number of hydrogen-bond donors (Lipinski definition) is 1. The maximum Gasteiger partial charge on any atom is 0.307 e. The predicted octanol–water partition coefficient (Wildman–Crippen LogP) is 3.27. The molecule has 0 bridgehead atoms. The molecule has 2 fully saturated rings. The number of hydrogen-bond acceptors (Lipinski definition) is 2. The molecule has 2 aliphatic rings. The van der Waals surface area contributed by atoms with Gasteiger partial charge in [-0.3, -0.25) is 9.59 Å². The van der Waals surface area contributed by atoms with Gasteiger partial charge in [-0.2, -0.15) is 0 Å². The molecule has 0 spiro atoms. The number of carbonyl (C=O) groups is 2. The van der Waals surface area contributed by atoms with Crippen molar-refractivity contribution in [3.05, 3.63) is 0 Å². The summed E-state index contributed by atoms with van der Waals surface area (Å²) in [6, 6.07) is 0. The van der Waals surface area contributed by atoms with Crippen LogP contribution in [0.1, 0.15) is 58.3 Å². The quantitative estimate of drug-likeness (QED) is 0.838. The van der Waals surface area contributed by atoms with Crippen molar-refractivity contribution in [3.8, 4) is 0 Å². The molecule has 0 unspecified atom stereocenters. The summed E-state index contributed by atoms with van der Waals surface area (Å²) in [6.45, 7) is 2.24. The highest BCUT2D eigenvalue weighted by Crippen LogP contribution is 2.37. The molecule has 0 aromatic carbocycles. The van der Waals surface area contributed by atoms with E-state index in [1.165, 1.54) is 0 Å². The molecule has 2 rings (SSSR count). The van der Waals surface area contributed by atoms with Gasteiger partial charge < -0.3 is 5.11 Å². The smallest absolute Gasteiger partial charge is 0.307 e. The summed E-state index contributed by atoms with van der Waals surface area (Å²) >= 11 is 0. The zero-order valence-corrected chi connectivity index (χ0v) is 11.2. The Morgan fingerprint density at radius 2 is 1.44 bits per heavy atom. The molecule has 0 saturated heterocycles. The Bertz CT molecular complexity index is 316. The van der Waals surface area contributed by atoms with Gasteiger partial charge in [0.15, 0.2) is 0 Å². The van der Waals surface area contributed by atoms with E-state index in [4.69, 9.17) is 0 Å². The lowest BCUT2D eigenvalue weighted by Crippen LogP contribution is -2.37. The Balaban J connectivity index is 2.00. The Labute approximate surface area is 109 Å². The molecule has 0 aliphatic heterocycles. The molecule has 3 heteroatoms. The van der Waals surface area contributed by atoms with Crippen LogP contribution in [0.3, 0.4) is 0 Å². The standard InChI is InChI=1S/C15H24O3/c1-10-6-8-11(9-7-10)14(16)12-4-2-3-5-13(12)15(17)18/h10-13H,2-9H2,1H3,(H,17,18)/t10-,11-,12-,13+/m0/s1. The zero-order valence-electron chi connectivity index (χ0n) is 11.2. The van der Waals surface area contributed by atoms with E-state index in [9.17, 15) is 14.7 Å². The number of carbonyl (C=O) groups excluding carboxylic acids is 1. The van der Waals surface area contributed by atoms with Gasteiger partial charge in [-0.05, 0) is 31.6 Å². The second kappa shape index (κ2) is 5.85. The number of rotatable bonds is 3. The van der Waals surface area contributed by atoms with Crippen LogP contribution in [0.4, 0.5) is 0 Å². The van der Waals surface area contributed by atoms with Crippen molar-refractivity contribution in [2.24, 2.45) is 23.7 Å². The van der Waals surface area contributed by atoms with Gasteiger partial charge in [0.25, 0.3) is 0 Å². The van der Waals surface area contributed by atoms with Gasteiger partial charge in [0, 0.05) is 11.8 Å². The minimum absolute atomic E-state index is 0.145. The highest BCUT2D eigenvalue weighted by atomic mass is 16.4. The maximum absolute atomic E-state index is 12.5. The lowest BCUT2D eigenvalue weighted by Gasteiger charge is -2.33. The van der Waals surface area contributed by atoms with E-state index in [0.717, 1.165) is 50.9 Å². The molecule has 3 nitrogen and oxygen atoms in total. The van der Waals surface area contributed by atoms with Crippen molar-refractivity contribution < 1.29 is 14.7 Å². The van der Waals surface area contributed by atoms with Crippen molar-refractivity contribution in [1.82, 2.24) is 0 Å². The average Bonchev–Trinajstić information content (AvgIpc) is 2.39. The predicted molar refractivity (Wildman–Crippen MR) is 69.2 cm³/mol. The minimum Gasteiger partial charge on any atom is -0.481 e. The van der Waals surface area contributed by atoms with Gasteiger partial charge in [-0.25, -0.2) is 0 Å². The third-order valence-electron chi connectivity index (χ3n) is 4.87. The Hall–Kier alpha value is -0.860. The summed E-state index contributed by atoms with van der Waals surface area (Å²) < 4.78 is 0. The van der Waals surface area contributed by atoms with Crippen molar-refractivity contribution in [2.45, 2.75) is 58.3 Å². The van der Waals surface area contributed by atoms with Crippen LogP contribution in [0.15, 0.2) is 0 Å². The molecule has 2 aliphatic carbocycles. The fourth-order valence-corrected chi connectivity index (χ4v) is 3.61. The first kappa shape index (κ1) is 13.6. The Morgan fingerprint density at radius 3 is 2.00 bits per heavy atom. The number of carboxylic acid groups (broad SMARTS) is 1. The fourth-order valence-electron chi connectivity index (χ4n) is 3.61. The van der Waals surface area contributed by atoms with Crippen LogP contribution in [0.25, 0.3) is 0 Å². The second-order valence-electron chi connectivity index (χ2n) is 6.19. The molecular formula is C15H24O3. The summed E-state index contributed by atoms with van der Waals surface area (Å²) in [5.41, 5.74) is 0. The molecule has 0 heterocycles. The van der Waals surface area contributed by atoms with Crippen molar-refractivity contribution in [2.75, 3.05) is 0 Å². The molecule has 1 N–H and O–H groups in total. The second-order valence-corrected chi connectivity index (χ2v) is 6.19. The van der Waals surface area contributed by atoms with Gasteiger partial charge in [-0.15, -0.1) is 0 Å². The van der Waals surface area contributed by atoms with Crippen LogP contribution < -0.4 is 0 Å². The van der Waals surface area contributed by atoms with Gasteiger partial charge >= 0.3 is 5.97 Å². The Morgan fingerprint density at radius 1 is 0.889 bits per heavy atom. The minimum atomic E-state index is -0.766. The van der Waals surface area contributed by atoms with Crippen LogP contribution in [-0.4, -0.2) is 16.9 Å². The number of Topliss-reactive ketones (excluding diaryl/α,β-unsaturated/α-hetero) is 1. The van der Waals surface area contributed by atoms with Gasteiger partial charge in [0.2, 0.25) is 0 Å². The largest absolute Gasteiger partial charge is 0.481 e. The van der Waals surface area contributed by atoms with E-state index < -0.39 is 11.9 Å². The molecule has 102 valence electrons. The van der Waals surface area contributed by atoms with Crippen molar-refractivity contribution in [1.29, 1.82) is 0 Å². The van der Waals surface area contributed by atoms with Crippen LogP contribution in [0.2, 0.25) is 0 Å². The molecule has 0 amide bonds. The summed E-state index contributed by atoms with van der Waals surface area (Å²) in [6.07, 6.45) is 7.66. The van der Waals surface area contributed by atoms with Gasteiger partial charge in [0.05, 0.1) is 5.92 Å². The molecule has 2 saturated carbocycles. The lowest BCUT2D eigenvalue weighted by atomic mass is 9.70. The first-order valence-electron chi connectivity index (χ1n) is 7.36. The van der Waals surface area contributed by atoms with Crippen molar-refractivity contribution in [3.63, 3.8) is 0 Å². The summed E-state index contributed by atoms with van der Waals surface area (Å²) in [5.74, 6) is -0.242. The third kappa shape index (κ3) is 2.93. The van der Waals surface area contributed by atoms with Crippen LogP contribution in [0, 0.1) is 23.7 Å². The SMILES string of the molecule is C[C@H]1CC[C@H](C(=O)[C@H]2CCCC[C@H]2C(=O)O)CC1. The van der Waals surface area contributed by atoms with Crippen LogP contribution in [0.5, 0.6) is 0 Å². The number of carboxylic acids is 1. The zero-order chi connectivity index (χ0) is 13.1. The third-order valence-corrected chi connectivity index (χ3v) is 4.87. The summed E-state index contributed by atoms with van der Waals surface area (Å²) in [7, 11) is 0. The van der Waals surface area contributed by atoms with E-state index >= 15 is 0 Å². The summed E-state index contributed by atoms with van der Waals surface area (Å²) in [4.78, 5) is 23.8. The van der Waals surface area contributed by atoms with E-state index in [2.05, 4.69) is 6.92 Å². The molecule has 0 radical (unpaired) electrons. The summed E-state index contributed by atoms with van der Waals surface area (Å²) in [5, 5.41) is 9.25. The van der Waals surface area contributed by atoms with Gasteiger partial charge in [-0.1, -0.05) is 32.6 Å². The first-order chi connectivity index (χ1) is 8.59. The highest BCUT2D eigenvalue weighted by molar-refractivity contribution is 5.88. The van der Waals surface area contributed by atoms with Gasteiger partial charge in [0.1, 0.15) is 5.78 Å². The first-order valence-corrected chi connectivity index (χ1v) is 7.36.